The summed E-state index contributed by atoms with van der Waals surface area (Å²) in [5.74, 6) is -1.65. The number of carbonyl (C=O) groups is 1. The van der Waals surface area contributed by atoms with E-state index in [-0.39, 0.29) is 5.69 Å². The number of isothiocyanates is 1. The summed E-state index contributed by atoms with van der Waals surface area (Å²) in [6.45, 7) is 0. The van der Waals surface area contributed by atoms with Crippen LogP contribution in [0.5, 0.6) is 0 Å². The molecule has 0 heterocycles. The molecule has 3 nitrogen and oxygen atoms in total. The summed E-state index contributed by atoms with van der Waals surface area (Å²) in [7, 11) is 0. The molecule has 0 amide bonds. The Morgan fingerprint density at radius 2 is 2.06 bits per heavy atom. The number of benzene rings is 1. The molecule has 7 heteroatoms. The Balaban J connectivity index is 3.44. The van der Waals surface area contributed by atoms with Crippen LogP contribution >= 0.6 is 12.2 Å². The SMILES string of the molecule is O=C(O)c1ccc(N=C=S)cc1C(F)(F)F. The van der Waals surface area contributed by atoms with Crippen LogP contribution in [0.3, 0.4) is 0 Å². The Labute approximate surface area is 93.2 Å². The molecule has 0 aliphatic rings. The predicted molar refractivity (Wildman–Crippen MR) is 53.1 cm³/mol. The van der Waals surface area contributed by atoms with Crippen molar-refractivity contribution in [1.82, 2.24) is 0 Å². The molecule has 0 radical (unpaired) electrons. The van der Waals surface area contributed by atoms with Gasteiger partial charge in [-0.2, -0.15) is 18.2 Å². The Hall–Kier alpha value is -1.72. The molecular weight excluding hydrogens is 243 g/mol. The molecule has 0 spiro atoms. The minimum atomic E-state index is -4.75. The van der Waals surface area contributed by atoms with Crippen molar-refractivity contribution in [3.63, 3.8) is 0 Å². The topological polar surface area (TPSA) is 49.7 Å². The molecule has 0 fully saturated rings. The molecule has 0 bridgehead atoms. The van der Waals surface area contributed by atoms with Gasteiger partial charge in [0.1, 0.15) is 0 Å². The second-order valence-corrected chi connectivity index (χ2v) is 2.92. The van der Waals surface area contributed by atoms with Crippen molar-refractivity contribution >= 4 is 29.0 Å². The van der Waals surface area contributed by atoms with Crippen LogP contribution in [0.15, 0.2) is 23.2 Å². The molecule has 0 saturated heterocycles. The van der Waals surface area contributed by atoms with Gasteiger partial charge in [0.25, 0.3) is 0 Å². The Kier molecular flexibility index (Phi) is 3.41. The Morgan fingerprint density at radius 1 is 1.44 bits per heavy atom. The summed E-state index contributed by atoms with van der Waals surface area (Å²) >= 11 is 4.24. The number of hydrogen-bond donors (Lipinski definition) is 1. The summed E-state index contributed by atoms with van der Waals surface area (Å²) in [6.07, 6.45) is -4.75. The number of alkyl halides is 3. The highest BCUT2D eigenvalue weighted by Gasteiger charge is 2.35. The fraction of sp³-hybridized carbons (Fsp3) is 0.111. The number of rotatable bonds is 2. The van der Waals surface area contributed by atoms with Crippen LogP contribution in [0.1, 0.15) is 15.9 Å². The first-order chi connectivity index (χ1) is 7.36. The average molecular weight is 247 g/mol. The van der Waals surface area contributed by atoms with Gasteiger partial charge in [-0.25, -0.2) is 4.79 Å². The zero-order valence-electron chi connectivity index (χ0n) is 7.58. The van der Waals surface area contributed by atoms with E-state index in [0.29, 0.717) is 6.07 Å². The van der Waals surface area contributed by atoms with E-state index in [1.54, 1.807) is 0 Å². The number of carboxylic acids is 1. The van der Waals surface area contributed by atoms with Gasteiger partial charge in [-0.05, 0) is 30.4 Å². The quantitative estimate of drug-likeness (QED) is 0.645. The summed E-state index contributed by atoms with van der Waals surface area (Å²) < 4.78 is 37.4. The molecule has 1 N–H and O–H groups in total. The summed E-state index contributed by atoms with van der Waals surface area (Å²) in [5, 5.41) is 10.5. The van der Waals surface area contributed by atoms with Crippen molar-refractivity contribution in [1.29, 1.82) is 0 Å². The van der Waals surface area contributed by atoms with E-state index in [4.69, 9.17) is 5.11 Å². The lowest BCUT2D eigenvalue weighted by Gasteiger charge is -2.10. The Bertz CT molecular complexity index is 478. The number of aliphatic imine (C=N–C) groups is 1. The summed E-state index contributed by atoms with van der Waals surface area (Å²) in [5.41, 5.74) is -2.17. The monoisotopic (exact) mass is 247 g/mol. The van der Waals surface area contributed by atoms with Gasteiger partial charge in [0, 0.05) is 0 Å². The van der Waals surface area contributed by atoms with E-state index >= 15 is 0 Å². The van der Waals surface area contributed by atoms with Gasteiger partial charge in [0.2, 0.25) is 0 Å². The number of hydrogen-bond acceptors (Lipinski definition) is 3. The molecule has 0 atom stereocenters. The van der Waals surface area contributed by atoms with Gasteiger partial charge in [0.05, 0.1) is 22.0 Å². The van der Waals surface area contributed by atoms with Crippen LogP contribution < -0.4 is 0 Å². The normalized spacial score (nSPS) is 10.7. The Morgan fingerprint density at radius 3 is 2.50 bits per heavy atom. The molecule has 1 rings (SSSR count). The van der Waals surface area contributed by atoms with Crippen LogP contribution in [-0.4, -0.2) is 16.2 Å². The van der Waals surface area contributed by atoms with E-state index in [1.165, 1.54) is 0 Å². The van der Waals surface area contributed by atoms with Gasteiger partial charge in [0.15, 0.2) is 0 Å². The molecule has 16 heavy (non-hydrogen) atoms. The molecule has 0 aliphatic carbocycles. The fourth-order valence-electron chi connectivity index (χ4n) is 1.08. The minimum absolute atomic E-state index is 0.0904. The van der Waals surface area contributed by atoms with Gasteiger partial charge in [-0.15, -0.1) is 0 Å². The van der Waals surface area contributed by atoms with E-state index in [1.807, 2.05) is 5.16 Å². The lowest BCUT2D eigenvalue weighted by molar-refractivity contribution is -0.138. The second kappa shape index (κ2) is 4.42. The standard InChI is InChI=1S/C9H4F3NO2S/c10-9(11,12)7-3-5(13-4-16)1-2-6(7)8(14)15/h1-3H,(H,14,15). The summed E-state index contributed by atoms with van der Waals surface area (Å²) in [4.78, 5) is 13.9. The van der Waals surface area contributed by atoms with Gasteiger partial charge in [-0.3, -0.25) is 0 Å². The van der Waals surface area contributed by atoms with Crippen molar-refractivity contribution in [2.45, 2.75) is 6.18 Å². The first-order valence-corrected chi connectivity index (χ1v) is 4.29. The molecule has 0 aromatic heterocycles. The van der Waals surface area contributed by atoms with Crippen LogP contribution in [-0.2, 0) is 6.18 Å². The number of aromatic carboxylic acids is 1. The first-order valence-electron chi connectivity index (χ1n) is 3.88. The lowest BCUT2D eigenvalue weighted by Crippen LogP contribution is -2.12. The molecular formula is C9H4F3NO2S. The maximum atomic E-state index is 12.5. The van der Waals surface area contributed by atoms with Gasteiger partial charge in [-0.1, -0.05) is 0 Å². The predicted octanol–water partition coefficient (Wildman–Crippen LogP) is 3.14. The first kappa shape index (κ1) is 12.4. The highest BCUT2D eigenvalue weighted by molar-refractivity contribution is 7.78. The van der Waals surface area contributed by atoms with E-state index in [9.17, 15) is 18.0 Å². The number of nitrogens with zero attached hydrogens (tertiary/aromatic N) is 1. The third kappa shape index (κ3) is 2.65. The largest absolute Gasteiger partial charge is 0.478 e. The number of thiocarbonyl (C=S) groups is 1. The summed E-state index contributed by atoms with van der Waals surface area (Å²) in [6, 6.07) is 2.57. The molecule has 0 aliphatic heterocycles. The molecule has 0 unspecified atom stereocenters. The van der Waals surface area contributed by atoms with Crippen molar-refractivity contribution in [2.75, 3.05) is 0 Å². The molecule has 1 aromatic carbocycles. The van der Waals surface area contributed by atoms with E-state index in [0.717, 1.165) is 12.1 Å². The van der Waals surface area contributed by atoms with Crippen LogP contribution in [0.25, 0.3) is 0 Å². The van der Waals surface area contributed by atoms with Crippen molar-refractivity contribution < 1.29 is 23.1 Å². The molecule has 1 aromatic rings. The lowest BCUT2D eigenvalue weighted by atomic mass is 10.1. The highest BCUT2D eigenvalue weighted by Crippen LogP contribution is 2.34. The van der Waals surface area contributed by atoms with E-state index < -0.39 is 23.3 Å². The fourth-order valence-corrected chi connectivity index (χ4v) is 1.18. The van der Waals surface area contributed by atoms with Crippen LogP contribution in [0.2, 0.25) is 0 Å². The third-order valence-corrected chi connectivity index (χ3v) is 1.80. The second-order valence-electron chi connectivity index (χ2n) is 2.74. The van der Waals surface area contributed by atoms with Crippen molar-refractivity contribution in [3.8, 4) is 0 Å². The van der Waals surface area contributed by atoms with Crippen LogP contribution in [0.4, 0.5) is 18.9 Å². The van der Waals surface area contributed by atoms with E-state index in [2.05, 4.69) is 17.2 Å². The molecule has 84 valence electrons. The average Bonchev–Trinajstić information content (AvgIpc) is 2.16. The van der Waals surface area contributed by atoms with Gasteiger partial charge < -0.3 is 5.11 Å². The molecule has 0 saturated carbocycles. The zero-order valence-corrected chi connectivity index (χ0v) is 8.39. The van der Waals surface area contributed by atoms with Crippen molar-refractivity contribution in [2.24, 2.45) is 4.99 Å². The highest BCUT2D eigenvalue weighted by atomic mass is 32.1. The van der Waals surface area contributed by atoms with Gasteiger partial charge >= 0.3 is 12.1 Å². The maximum absolute atomic E-state index is 12.5. The minimum Gasteiger partial charge on any atom is -0.478 e. The maximum Gasteiger partial charge on any atom is 0.417 e. The number of carboxylic acid groups (broad SMARTS) is 1. The zero-order chi connectivity index (χ0) is 12.3. The smallest absolute Gasteiger partial charge is 0.417 e. The third-order valence-electron chi connectivity index (χ3n) is 1.71. The number of halogens is 3. The van der Waals surface area contributed by atoms with Crippen molar-refractivity contribution in [3.05, 3.63) is 29.3 Å². The van der Waals surface area contributed by atoms with Crippen LogP contribution in [0, 0.1) is 0 Å².